The maximum Gasteiger partial charge on any atom is 0.261 e. The minimum atomic E-state index is -0.639. The predicted molar refractivity (Wildman–Crippen MR) is 76.3 cm³/mol. The lowest BCUT2D eigenvalue weighted by Gasteiger charge is -2.01. The molecule has 0 saturated heterocycles. The molecule has 4 nitrogen and oxygen atoms in total. The third kappa shape index (κ3) is 2.85. The van der Waals surface area contributed by atoms with Crippen molar-refractivity contribution in [2.75, 3.05) is 5.32 Å². The van der Waals surface area contributed by atoms with Crippen LogP contribution in [0, 0.1) is 11.6 Å². The van der Waals surface area contributed by atoms with Gasteiger partial charge < -0.3 is 4.52 Å². The van der Waals surface area contributed by atoms with Crippen molar-refractivity contribution < 1.29 is 18.1 Å². The Morgan fingerprint density at radius 1 is 1.05 bits per heavy atom. The zero-order valence-electron chi connectivity index (χ0n) is 11.2. The highest BCUT2D eigenvalue weighted by Gasteiger charge is 2.14. The summed E-state index contributed by atoms with van der Waals surface area (Å²) < 4.78 is 31.4. The molecule has 3 aromatic rings. The molecule has 0 saturated carbocycles. The largest absolute Gasteiger partial charge is 0.338 e. The van der Waals surface area contributed by atoms with Crippen LogP contribution in [0.1, 0.15) is 10.4 Å². The van der Waals surface area contributed by atoms with Crippen LogP contribution in [0.4, 0.5) is 14.7 Å². The van der Waals surface area contributed by atoms with Crippen molar-refractivity contribution >= 4 is 11.8 Å². The highest BCUT2D eigenvalue weighted by molar-refractivity contribution is 6.03. The van der Waals surface area contributed by atoms with E-state index in [1.165, 1.54) is 48.5 Å². The van der Waals surface area contributed by atoms with Crippen LogP contribution in [-0.2, 0) is 0 Å². The lowest BCUT2D eigenvalue weighted by Crippen LogP contribution is -2.13. The number of carbonyl (C=O) groups is 1. The molecule has 110 valence electrons. The fourth-order valence-corrected chi connectivity index (χ4v) is 1.92. The molecule has 1 amide bonds. The average Bonchev–Trinajstić information content (AvgIpc) is 2.97. The molecule has 6 heteroatoms. The van der Waals surface area contributed by atoms with Crippen LogP contribution < -0.4 is 5.32 Å². The first-order chi connectivity index (χ1) is 10.6. The minimum absolute atomic E-state index is 0.0765. The molecule has 0 atom stereocenters. The van der Waals surface area contributed by atoms with Gasteiger partial charge in [0, 0.05) is 11.6 Å². The molecule has 0 aliphatic rings. The molecular formula is C16H10F2N2O2. The Morgan fingerprint density at radius 2 is 1.77 bits per heavy atom. The van der Waals surface area contributed by atoms with Crippen molar-refractivity contribution in [1.29, 1.82) is 0 Å². The van der Waals surface area contributed by atoms with Crippen LogP contribution in [0.2, 0.25) is 0 Å². The van der Waals surface area contributed by atoms with Crippen molar-refractivity contribution in [2.24, 2.45) is 0 Å². The van der Waals surface area contributed by atoms with Crippen molar-refractivity contribution in [3.8, 4) is 11.3 Å². The molecule has 1 N–H and O–H groups in total. The molecule has 0 unspecified atom stereocenters. The fraction of sp³-hybridized carbons (Fsp3) is 0. The number of hydrogen-bond donors (Lipinski definition) is 1. The minimum Gasteiger partial charge on any atom is -0.338 e. The molecule has 0 bridgehead atoms. The first kappa shape index (κ1) is 13.9. The lowest BCUT2D eigenvalue weighted by atomic mass is 10.1. The van der Waals surface area contributed by atoms with Gasteiger partial charge in [-0.2, -0.15) is 0 Å². The van der Waals surface area contributed by atoms with Crippen LogP contribution in [-0.4, -0.2) is 11.1 Å². The maximum atomic E-state index is 13.5. The second kappa shape index (κ2) is 5.77. The van der Waals surface area contributed by atoms with E-state index in [4.69, 9.17) is 4.52 Å². The Morgan fingerprint density at radius 3 is 2.50 bits per heavy atom. The van der Waals surface area contributed by atoms with Crippen LogP contribution in [0.15, 0.2) is 59.1 Å². The number of anilines is 1. The Hall–Kier alpha value is -3.02. The zero-order chi connectivity index (χ0) is 15.5. The van der Waals surface area contributed by atoms with E-state index in [-0.39, 0.29) is 17.3 Å². The van der Waals surface area contributed by atoms with Crippen molar-refractivity contribution in [2.45, 2.75) is 0 Å². The van der Waals surface area contributed by atoms with Gasteiger partial charge in [0.2, 0.25) is 5.88 Å². The summed E-state index contributed by atoms with van der Waals surface area (Å²) in [5, 5.41) is 6.20. The third-order valence-corrected chi connectivity index (χ3v) is 3.01. The first-order valence-electron chi connectivity index (χ1n) is 6.42. The quantitative estimate of drug-likeness (QED) is 0.798. The summed E-state index contributed by atoms with van der Waals surface area (Å²) >= 11 is 0. The Labute approximate surface area is 124 Å². The molecule has 1 aromatic heterocycles. The van der Waals surface area contributed by atoms with Crippen LogP contribution in [0.3, 0.4) is 0 Å². The molecule has 1 heterocycles. The molecule has 0 aliphatic heterocycles. The van der Waals surface area contributed by atoms with Crippen LogP contribution >= 0.6 is 0 Å². The van der Waals surface area contributed by atoms with Gasteiger partial charge in [0.1, 0.15) is 17.3 Å². The number of benzene rings is 2. The summed E-state index contributed by atoms with van der Waals surface area (Å²) in [4.78, 5) is 11.9. The number of hydrogen-bond acceptors (Lipinski definition) is 3. The van der Waals surface area contributed by atoms with Gasteiger partial charge in [-0.3, -0.25) is 10.1 Å². The van der Waals surface area contributed by atoms with E-state index in [9.17, 15) is 13.6 Å². The number of nitrogens with one attached hydrogen (secondary N) is 1. The van der Waals surface area contributed by atoms with Crippen LogP contribution in [0.5, 0.6) is 0 Å². The normalized spacial score (nSPS) is 10.5. The number of carbonyl (C=O) groups excluding carboxylic acids is 1. The van der Waals surface area contributed by atoms with E-state index in [1.807, 2.05) is 0 Å². The van der Waals surface area contributed by atoms with Gasteiger partial charge in [0.25, 0.3) is 5.91 Å². The summed E-state index contributed by atoms with van der Waals surface area (Å²) in [6.07, 6.45) is 0. The SMILES string of the molecule is O=C(Nc1cc(-c2ccc(F)cc2)no1)c1ccccc1F. The molecule has 0 spiro atoms. The highest BCUT2D eigenvalue weighted by Crippen LogP contribution is 2.22. The first-order valence-corrected chi connectivity index (χ1v) is 6.42. The monoisotopic (exact) mass is 300 g/mol. The van der Waals surface area contributed by atoms with Gasteiger partial charge >= 0.3 is 0 Å². The second-order valence-electron chi connectivity index (χ2n) is 4.52. The summed E-state index contributed by atoms with van der Waals surface area (Å²) in [6, 6.07) is 12.7. The van der Waals surface area contributed by atoms with E-state index < -0.39 is 11.7 Å². The Balaban J connectivity index is 1.78. The second-order valence-corrected chi connectivity index (χ2v) is 4.52. The Kier molecular flexibility index (Phi) is 3.65. The summed E-state index contributed by atoms with van der Waals surface area (Å²) in [6.45, 7) is 0. The van der Waals surface area contributed by atoms with Crippen molar-refractivity contribution in [3.63, 3.8) is 0 Å². The van der Waals surface area contributed by atoms with E-state index in [0.717, 1.165) is 0 Å². The number of amides is 1. The van der Waals surface area contributed by atoms with E-state index in [0.29, 0.717) is 11.3 Å². The number of aromatic nitrogens is 1. The van der Waals surface area contributed by atoms with Gasteiger partial charge in [-0.25, -0.2) is 8.78 Å². The lowest BCUT2D eigenvalue weighted by molar-refractivity contribution is 0.102. The van der Waals surface area contributed by atoms with Gasteiger partial charge in [-0.05, 0) is 36.4 Å². The fourth-order valence-electron chi connectivity index (χ4n) is 1.92. The van der Waals surface area contributed by atoms with E-state index in [1.54, 1.807) is 6.07 Å². The predicted octanol–water partition coefficient (Wildman–Crippen LogP) is 3.87. The van der Waals surface area contributed by atoms with Gasteiger partial charge in [-0.1, -0.05) is 17.3 Å². The highest BCUT2D eigenvalue weighted by atomic mass is 19.1. The Bertz CT molecular complexity index is 813. The van der Waals surface area contributed by atoms with E-state index in [2.05, 4.69) is 10.5 Å². The number of halogens is 2. The van der Waals surface area contributed by atoms with Gasteiger partial charge in [0.15, 0.2) is 0 Å². The van der Waals surface area contributed by atoms with Gasteiger partial charge in [0.05, 0.1) is 5.56 Å². The topological polar surface area (TPSA) is 55.1 Å². The van der Waals surface area contributed by atoms with Crippen LogP contribution in [0.25, 0.3) is 11.3 Å². The summed E-state index contributed by atoms with van der Waals surface area (Å²) in [5.41, 5.74) is 0.975. The number of nitrogens with zero attached hydrogens (tertiary/aromatic N) is 1. The summed E-state index contributed by atoms with van der Waals surface area (Å²) in [5.74, 6) is -1.55. The van der Waals surface area contributed by atoms with Gasteiger partial charge in [-0.15, -0.1) is 0 Å². The zero-order valence-corrected chi connectivity index (χ0v) is 11.2. The molecular weight excluding hydrogens is 290 g/mol. The number of rotatable bonds is 3. The molecule has 22 heavy (non-hydrogen) atoms. The average molecular weight is 300 g/mol. The van der Waals surface area contributed by atoms with E-state index >= 15 is 0 Å². The molecule has 0 fully saturated rings. The summed E-state index contributed by atoms with van der Waals surface area (Å²) in [7, 11) is 0. The molecule has 3 rings (SSSR count). The molecule has 0 aliphatic carbocycles. The standard InChI is InChI=1S/C16H10F2N2O2/c17-11-7-5-10(6-8-11)14-9-15(22-20-14)19-16(21)12-3-1-2-4-13(12)18/h1-9H,(H,19,21). The third-order valence-electron chi connectivity index (χ3n) is 3.01. The smallest absolute Gasteiger partial charge is 0.261 e. The molecule has 0 radical (unpaired) electrons. The molecule has 2 aromatic carbocycles. The van der Waals surface area contributed by atoms with Crippen molar-refractivity contribution in [3.05, 3.63) is 71.8 Å². The maximum absolute atomic E-state index is 13.5. The van der Waals surface area contributed by atoms with Crippen molar-refractivity contribution in [1.82, 2.24) is 5.16 Å².